The number of hydrogen-bond donors (Lipinski definition) is 1. The van der Waals surface area contributed by atoms with Crippen LogP contribution in [0.1, 0.15) is 36.1 Å². The molecule has 0 atom stereocenters. The van der Waals surface area contributed by atoms with E-state index in [0.717, 1.165) is 48.2 Å². The lowest BCUT2D eigenvalue weighted by atomic mass is 9.97. The van der Waals surface area contributed by atoms with Crippen LogP contribution in [0.15, 0.2) is 41.5 Å². The Balaban J connectivity index is 1.50. The van der Waals surface area contributed by atoms with Gasteiger partial charge in [-0.05, 0) is 44.7 Å². The second-order valence-corrected chi connectivity index (χ2v) is 6.89. The third-order valence-corrected chi connectivity index (χ3v) is 4.95. The molecular formula is C20H22N4O2. The van der Waals surface area contributed by atoms with Gasteiger partial charge in [-0.3, -0.25) is 9.59 Å². The summed E-state index contributed by atoms with van der Waals surface area (Å²) in [5, 5.41) is 7.41. The molecule has 4 rings (SSSR count). The average molecular weight is 350 g/mol. The van der Waals surface area contributed by atoms with Crippen molar-refractivity contribution in [3.8, 4) is 0 Å². The Bertz CT molecular complexity index is 1010. The smallest absolute Gasteiger partial charge is 0.276 e. The zero-order valence-corrected chi connectivity index (χ0v) is 14.9. The molecule has 1 amide bonds. The number of nitrogens with zero attached hydrogens (tertiary/aromatic N) is 3. The standard InChI is InChI=1S/C20H22N4O2/c1-14-6-8-15(9-7-14)21-18(25)10-11-23-12-13-24-19(20(23)26)16-4-2-3-5-17(16)22-24/h6-9,12-13H,2-5,10-11H2,1H3,(H,21,25). The van der Waals surface area contributed by atoms with E-state index in [1.165, 1.54) is 0 Å². The summed E-state index contributed by atoms with van der Waals surface area (Å²) < 4.78 is 3.31. The van der Waals surface area contributed by atoms with E-state index in [1.807, 2.05) is 37.4 Å². The van der Waals surface area contributed by atoms with Crippen LogP contribution in [0, 0.1) is 6.92 Å². The minimum Gasteiger partial charge on any atom is -0.326 e. The van der Waals surface area contributed by atoms with Crippen LogP contribution in [0.4, 0.5) is 5.69 Å². The second kappa shape index (κ2) is 6.78. The summed E-state index contributed by atoms with van der Waals surface area (Å²) in [4.78, 5) is 25.0. The molecule has 1 aliphatic carbocycles. The van der Waals surface area contributed by atoms with E-state index in [-0.39, 0.29) is 17.9 Å². The molecule has 0 saturated carbocycles. The van der Waals surface area contributed by atoms with Crippen LogP contribution in [0.25, 0.3) is 5.52 Å². The fourth-order valence-electron chi connectivity index (χ4n) is 3.51. The lowest BCUT2D eigenvalue weighted by Crippen LogP contribution is -2.24. The van der Waals surface area contributed by atoms with Crippen molar-refractivity contribution in [1.29, 1.82) is 0 Å². The third kappa shape index (κ3) is 3.14. The maximum Gasteiger partial charge on any atom is 0.276 e. The van der Waals surface area contributed by atoms with Crippen LogP contribution in [0.5, 0.6) is 0 Å². The molecule has 0 fully saturated rings. The zero-order chi connectivity index (χ0) is 18.1. The highest BCUT2D eigenvalue weighted by atomic mass is 16.2. The van der Waals surface area contributed by atoms with Crippen molar-refractivity contribution >= 4 is 17.1 Å². The summed E-state index contributed by atoms with van der Waals surface area (Å²) in [6.07, 6.45) is 7.85. The molecule has 1 aromatic carbocycles. The highest BCUT2D eigenvalue weighted by Crippen LogP contribution is 2.22. The highest BCUT2D eigenvalue weighted by molar-refractivity contribution is 5.90. The van der Waals surface area contributed by atoms with Crippen LogP contribution >= 0.6 is 0 Å². The average Bonchev–Trinajstić information content (AvgIpc) is 3.02. The minimum atomic E-state index is -0.101. The molecule has 0 spiro atoms. The maximum absolute atomic E-state index is 12.8. The summed E-state index contributed by atoms with van der Waals surface area (Å²) in [5.74, 6) is -0.101. The van der Waals surface area contributed by atoms with Crippen molar-refractivity contribution in [3.05, 3.63) is 63.8 Å². The molecule has 26 heavy (non-hydrogen) atoms. The van der Waals surface area contributed by atoms with Crippen LogP contribution < -0.4 is 10.9 Å². The number of rotatable bonds is 4. The lowest BCUT2D eigenvalue weighted by molar-refractivity contribution is -0.116. The highest BCUT2D eigenvalue weighted by Gasteiger charge is 2.19. The first-order valence-electron chi connectivity index (χ1n) is 9.08. The molecule has 6 heteroatoms. The van der Waals surface area contributed by atoms with Gasteiger partial charge >= 0.3 is 0 Å². The number of aromatic nitrogens is 3. The summed E-state index contributed by atoms with van der Waals surface area (Å²) in [7, 11) is 0. The Kier molecular flexibility index (Phi) is 4.32. The maximum atomic E-state index is 12.8. The lowest BCUT2D eigenvalue weighted by Gasteiger charge is -2.10. The Labute approximate surface area is 151 Å². The van der Waals surface area contributed by atoms with E-state index >= 15 is 0 Å². The fraction of sp³-hybridized carbons (Fsp3) is 0.350. The fourth-order valence-corrected chi connectivity index (χ4v) is 3.51. The molecule has 2 aromatic heterocycles. The largest absolute Gasteiger partial charge is 0.326 e. The Morgan fingerprint density at radius 3 is 2.73 bits per heavy atom. The van der Waals surface area contributed by atoms with E-state index in [9.17, 15) is 9.59 Å². The van der Waals surface area contributed by atoms with E-state index in [1.54, 1.807) is 15.3 Å². The number of carbonyl (C=O) groups excluding carboxylic acids is 1. The Hall–Kier alpha value is -2.89. The SMILES string of the molecule is Cc1ccc(NC(=O)CCn2ccn3nc4c(c3c2=O)CCCC4)cc1. The van der Waals surface area contributed by atoms with Gasteiger partial charge in [0.15, 0.2) is 0 Å². The van der Waals surface area contributed by atoms with Gasteiger partial charge in [-0.25, -0.2) is 4.52 Å². The molecule has 3 aromatic rings. The van der Waals surface area contributed by atoms with E-state index in [0.29, 0.717) is 12.1 Å². The monoisotopic (exact) mass is 350 g/mol. The molecule has 2 heterocycles. The van der Waals surface area contributed by atoms with Crippen LogP contribution in [-0.2, 0) is 24.2 Å². The van der Waals surface area contributed by atoms with Crippen molar-refractivity contribution in [2.24, 2.45) is 0 Å². The number of amides is 1. The van der Waals surface area contributed by atoms with Crippen molar-refractivity contribution in [1.82, 2.24) is 14.2 Å². The second-order valence-electron chi connectivity index (χ2n) is 6.89. The van der Waals surface area contributed by atoms with Gasteiger partial charge in [-0.1, -0.05) is 17.7 Å². The third-order valence-electron chi connectivity index (χ3n) is 4.95. The predicted molar refractivity (Wildman–Crippen MR) is 101 cm³/mol. The first-order valence-corrected chi connectivity index (χ1v) is 9.08. The van der Waals surface area contributed by atoms with Gasteiger partial charge in [-0.2, -0.15) is 5.10 Å². The van der Waals surface area contributed by atoms with Crippen LogP contribution in [0.2, 0.25) is 0 Å². The summed E-state index contributed by atoms with van der Waals surface area (Å²) in [6, 6.07) is 7.67. The number of hydrogen-bond acceptors (Lipinski definition) is 3. The van der Waals surface area contributed by atoms with Crippen molar-refractivity contribution in [2.45, 2.75) is 45.6 Å². The summed E-state index contributed by atoms with van der Waals surface area (Å²) in [6.45, 7) is 2.36. The normalized spacial score (nSPS) is 13.6. The number of fused-ring (bicyclic) bond motifs is 3. The predicted octanol–water partition coefficient (Wildman–Crippen LogP) is 2.71. The molecule has 0 saturated heterocycles. The molecule has 0 unspecified atom stereocenters. The van der Waals surface area contributed by atoms with Crippen LogP contribution in [-0.4, -0.2) is 20.1 Å². The summed E-state index contributed by atoms with van der Waals surface area (Å²) >= 11 is 0. The van der Waals surface area contributed by atoms with E-state index < -0.39 is 0 Å². The molecule has 0 bridgehead atoms. The molecular weight excluding hydrogens is 328 g/mol. The molecule has 1 N–H and O–H groups in total. The minimum absolute atomic E-state index is 0.0636. The van der Waals surface area contributed by atoms with Crippen LogP contribution in [0.3, 0.4) is 0 Å². The first-order chi connectivity index (χ1) is 12.6. The van der Waals surface area contributed by atoms with Crippen molar-refractivity contribution in [3.63, 3.8) is 0 Å². The molecule has 0 aliphatic heterocycles. The Morgan fingerprint density at radius 1 is 1.15 bits per heavy atom. The van der Waals surface area contributed by atoms with Gasteiger partial charge in [0.25, 0.3) is 5.56 Å². The molecule has 0 radical (unpaired) electrons. The molecule has 6 nitrogen and oxygen atoms in total. The zero-order valence-electron chi connectivity index (χ0n) is 14.9. The quantitative estimate of drug-likeness (QED) is 0.787. The Morgan fingerprint density at radius 2 is 1.92 bits per heavy atom. The number of aryl methyl sites for hydroxylation is 4. The van der Waals surface area contributed by atoms with E-state index in [4.69, 9.17) is 0 Å². The topological polar surface area (TPSA) is 68.4 Å². The summed E-state index contributed by atoms with van der Waals surface area (Å²) in [5.41, 5.74) is 4.65. The first kappa shape index (κ1) is 16.6. The van der Waals surface area contributed by atoms with Gasteiger partial charge in [0.1, 0.15) is 5.52 Å². The number of anilines is 1. The van der Waals surface area contributed by atoms with Gasteiger partial charge < -0.3 is 9.88 Å². The van der Waals surface area contributed by atoms with Gasteiger partial charge in [0.2, 0.25) is 5.91 Å². The number of benzene rings is 1. The van der Waals surface area contributed by atoms with Crippen molar-refractivity contribution in [2.75, 3.05) is 5.32 Å². The number of nitrogens with one attached hydrogen (secondary N) is 1. The van der Waals surface area contributed by atoms with Gasteiger partial charge in [0, 0.05) is 36.6 Å². The molecule has 134 valence electrons. The van der Waals surface area contributed by atoms with E-state index in [2.05, 4.69) is 10.4 Å². The van der Waals surface area contributed by atoms with Gasteiger partial charge in [-0.15, -0.1) is 0 Å². The molecule has 1 aliphatic rings. The number of carbonyl (C=O) groups is 1. The van der Waals surface area contributed by atoms with Crippen molar-refractivity contribution < 1.29 is 4.79 Å². The van der Waals surface area contributed by atoms with Gasteiger partial charge in [0.05, 0.1) is 5.69 Å².